The van der Waals surface area contributed by atoms with E-state index in [0.717, 1.165) is 70.6 Å². The molecule has 0 saturated carbocycles. The van der Waals surface area contributed by atoms with Crippen LogP contribution in [0.1, 0.15) is 117 Å². The summed E-state index contributed by atoms with van der Waals surface area (Å²) in [5.74, 6) is -0.352. The van der Waals surface area contributed by atoms with Crippen LogP contribution in [0.3, 0.4) is 0 Å². The molecule has 2 unspecified atom stereocenters. The molecule has 8 nitrogen and oxygen atoms in total. The van der Waals surface area contributed by atoms with E-state index < -0.39 is 13.9 Å². The van der Waals surface area contributed by atoms with Gasteiger partial charge in [-0.25, -0.2) is 4.57 Å². The first-order chi connectivity index (χ1) is 22.6. The lowest BCUT2D eigenvalue weighted by Gasteiger charge is -2.24. The Labute approximate surface area is 288 Å². The standard InChI is InChI=1S/C38H68NO7P/c1-6-8-10-12-14-15-16-17-18-19-20-21-22-23-24-25-26-27-29-31-38(40)46-37(35-43-33-30-28-13-11-9-7-2)36-45-47(41,42)44-34-32-39(3,4)5/h8,10,14-15,17-18,20-21,23-24,37H,6-7,9,11-13,16,19,22,25-36H2,1-5H3/p+1/b10-8-,15-14-,18-17-,21-20-,24-23-. The van der Waals surface area contributed by atoms with E-state index >= 15 is 0 Å². The maximum absolute atomic E-state index is 12.5. The van der Waals surface area contributed by atoms with Crippen molar-refractivity contribution < 1.29 is 37.3 Å². The van der Waals surface area contributed by atoms with Gasteiger partial charge in [0.15, 0.2) is 0 Å². The highest BCUT2D eigenvalue weighted by Gasteiger charge is 2.26. The van der Waals surface area contributed by atoms with Crippen LogP contribution in [-0.4, -0.2) is 75.6 Å². The highest BCUT2D eigenvalue weighted by molar-refractivity contribution is 7.47. The van der Waals surface area contributed by atoms with E-state index in [1.54, 1.807) is 0 Å². The Bertz CT molecular complexity index is 937. The predicted molar refractivity (Wildman–Crippen MR) is 196 cm³/mol. The normalized spacial score (nSPS) is 14.8. The fraction of sp³-hybridized carbons (Fsp3) is 0.711. The van der Waals surface area contributed by atoms with E-state index in [1.165, 1.54) is 25.7 Å². The van der Waals surface area contributed by atoms with Crippen LogP contribution in [0.25, 0.3) is 0 Å². The van der Waals surface area contributed by atoms with Crippen molar-refractivity contribution >= 4 is 13.8 Å². The van der Waals surface area contributed by atoms with Crippen LogP contribution in [0.2, 0.25) is 0 Å². The first kappa shape index (κ1) is 45.2. The van der Waals surface area contributed by atoms with E-state index in [9.17, 15) is 14.3 Å². The van der Waals surface area contributed by atoms with E-state index in [4.69, 9.17) is 18.5 Å². The zero-order valence-electron chi connectivity index (χ0n) is 30.5. The van der Waals surface area contributed by atoms with Gasteiger partial charge in [-0.2, -0.15) is 0 Å². The Balaban J connectivity index is 4.30. The quantitative estimate of drug-likeness (QED) is 0.0248. The van der Waals surface area contributed by atoms with Gasteiger partial charge in [-0.05, 0) is 57.8 Å². The van der Waals surface area contributed by atoms with Crippen molar-refractivity contribution in [3.8, 4) is 0 Å². The molecule has 9 heteroatoms. The molecule has 0 bridgehead atoms. The van der Waals surface area contributed by atoms with Crippen LogP contribution in [0, 0.1) is 0 Å². The topological polar surface area (TPSA) is 91.3 Å². The monoisotopic (exact) mass is 682 g/mol. The minimum Gasteiger partial charge on any atom is -0.457 e. The summed E-state index contributed by atoms with van der Waals surface area (Å²) < 4.78 is 34.6. The van der Waals surface area contributed by atoms with Crippen molar-refractivity contribution in [3.63, 3.8) is 0 Å². The highest BCUT2D eigenvalue weighted by atomic mass is 31.2. The molecule has 0 radical (unpaired) electrons. The number of esters is 1. The minimum atomic E-state index is -4.27. The van der Waals surface area contributed by atoms with Crippen LogP contribution in [0.4, 0.5) is 0 Å². The second-order valence-electron chi connectivity index (χ2n) is 12.9. The van der Waals surface area contributed by atoms with E-state index in [1.807, 2.05) is 21.1 Å². The van der Waals surface area contributed by atoms with Crippen LogP contribution in [0.15, 0.2) is 60.8 Å². The number of carbonyl (C=O) groups is 1. The van der Waals surface area contributed by atoms with Gasteiger partial charge in [-0.3, -0.25) is 13.8 Å². The maximum atomic E-state index is 12.5. The fourth-order valence-corrected chi connectivity index (χ4v) is 5.02. The van der Waals surface area contributed by atoms with E-state index in [0.29, 0.717) is 17.6 Å². The lowest BCUT2D eigenvalue weighted by molar-refractivity contribution is -0.870. The zero-order chi connectivity index (χ0) is 34.9. The molecule has 0 aromatic carbocycles. The minimum absolute atomic E-state index is 0.0793. The van der Waals surface area contributed by atoms with Crippen molar-refractivity contribution in [2.45, 2.75) is 123 Å². The van der Waals surface area contributed by atoms with Crippen LogP contribution in [0.5, 0.6) is 0 Å². The molecule has 0 aliphatic heterocycles. The SMILES string of the molecule is CC/C=C\C/C=C\C/C=C\C/C=C\C/C=C\CCCCCC(=O)OC(COCCCCCCCC)COP(=O)(O)OCC[N+](C)(C)C. The Morgan fingerprint density at radius 3 is 1.83 bits per heavy atom. The number of ether oxygens (including phenoxy) is 2. The van der Waals surface area contributed by atoms with Crippen molar-refractivity contribution in [1.82, 2.24) is 0 Å². The number of rotatable bonds is 32. The van der Waals surface area contributed by atoms with Crippen LogP contribution in [-0.2, 0) is 27.9 Å². The van der Waals surface area contributed by atoms with Gasteiger partial charge >= 0.3 is 13.8 Å². The maximum Gasteiger partial charge on any atom is 0.472 e. The van der Waals surface area contributed by atoms with Crippen LogP contribution >= 0.6 is 7.82 Å². The summed E-state index contributed by atoms with van der Waals surface area (Å²) in [5, 5.41) is 0. The summed E-state index contributed by atoms with van der Waals surface area (Å²) in [5.41, 5.74) is 0. The summed E-state index contributed by atoms with van der Waals surface area (Å²) in [4.78, 5) is 22.6. The molecule has 272 valence electrons. The van der Waals surface area contributed by atoms with Crippen molar-refractivity contribution in [3.05, 3.63) is 60.8 Å². The molecular weight excluding hydrogens is 613 g/mol. The van der Waals surface area contributed by atoms with Gasteiger partial charge in [-0.15, -0.1) is 0 Å². The molecule has 0 aliphatic rings. The Hall–Kier alpha value is -1.80. The first-order valence-corrected chi connectivity index (χ1v) is 19.5. The van der Waals surface area contributed by atoms with Gasteiger partial charge in [0.2, 0.25) is 0 Å². The number of nitrogens with zero attached hydrogens (tertiary/aromatic N) is 1. The van der Waals surface area contributed by atoms with Crippen molar-refractivity contribution in [2.75, 3.05) is 54.1 Å². The number of carbonyl (C=O) groups excluding carboxylic acids is 1. The molecule has 0 aromatic rings. The third kappa shape index (κ3) is 35.3. The summed E-state index contributed by atoms with van der Waals surface area (Å²) >= 11 is 0. The van der Waals surface area contributed by atoms with Gasteiger partial charge < -0.3 is 18.9 Å². The molecule has 0 heterocycles. The van der Waals surface area contributed by atoms with Gasteiger partial charge in [0.25, 0.3) is 0 Å². The number of likely N-dealkylation sites (N-methyl/N-ethyl adjacent to an activating group) is 1. The average molecular weight is 683 g/mol. The number of allylic oxidation sites excluding steroid dienone is 10. The van der Waals surface area contributed by atoms with Gasteiger partial charge in [0.1, 0.15) is 19.3 Å². The Morgan fingerprint density at radius 1 is 0.681 bits per heavy atom. The van der Waals surface area contributed by atoms with Crippen molar-refractivity contribution in [1.29, 1.82) is 0 Å². The first-order valence-electron chi connectivity index (χ1n) is 18.0. The predicted octanol–water partition coefficient (Wildman–Crippen LogP) is 9.82. The molecule has 0 aromatic heterocycles. The molecular formula is C38H69NO7P+. The highest BCUT2D eigenvalue weighted by Crippen LogP contribution is 2.43. The smallest absolute Gasteiger partial charge is 0.457 e. The molecule has 0 amide bonds. The number of phosphoric ester groups is 1. The lowest BCUT2D eigenvalue weighted by Crippen LogP contribution is -2.37. The van der Waals surface area contributed by atoms with Crippen LogP contribution < -0.4 is 0 Å². The summed E-state index contributed by atoms with van der Waals surface area (Å²) in [7, 11) is 1.63. The third-order valence-corrected chi connectivity index (χ3v) is 8.08. The third-order valence-electron chi connectivity index (χ3n) is 7.09. The molecule has 0 aliphatic carbocycles. The number of unbranched alkanes of at least 4 members (excludes halogenated alkanes) is 8. The molecule has 1 N–H and O–H groups in total. The van der Waals surface area contributed by atoms with Crippen molar-refractivity contribution in [2.24, 2.45) is 0 Å². The molecule has 2 atom stereocenters. The number of phosphoric acid groups is 1. The van der Waals surface area contributed by atoms with Gasteiger partial charge in [0.05, 0.1) is 34.4 Å². The zero-order valence-corrected chi connectivity index (χ0v) is 31.4. The number of hydrogen-bond donors (Lipinski definition) is 1. The fourth-order valence-electron chi connectivity index (χ4n) is 4.28. The summed E-state index contributed by atoms with van der Waals surface area (Å²) in [6.07, 6.45) is 36.9. The molecule has 0 saturated heterocycles. The number of hydrogen-bond acceptors (Lipinski definition) is 6. The van der Waals surface area contributed by atoms with Gasteiger partial charge in [-0.1, -0.05) is 113 Å². The molecule has 0 rings (SSSR count). The largest absolute Gasteiger partial charge is 0.472 e. The molecule has 47 heavy (non-hydrogen) atoms. The number of quaternary nitrogens is 1. The Kier molecular flexibility index (Phi) is 30.3. The van der Waals surface area contributed by atoms with Gasteiger partial charge in [0, 0.05) is 13.0 Å². The van der Waals surface area contributed by atoms with E-state index in [-0.39, 0.29) is 32.2 Å². The second-order valence-corrected chi connectivity index (χ2v) is 14.3. The molecule has 0 fully saturated rings. The summed E-state index contributed by atoms with van der Waals surface area (Å²) in [6, 6.07) is 0. The lowest BCUT2D eigenvalue weighted by atomic mass is 10.1. The second kappa shape index (κ2) is 31.5. The molecule has 0 spiro atoms. The van der Waals surface area contributed by atoms with E-state index in [2.05, 4.69) is 74.6 Å². The Morgan fingerprint density at radius 2 is 1.23 bits per heavy atom. The average Bonchev–Trinajstić information content (AvgIpc) is 3.01. The summed E-state index contributed by atoms with van der Waals surface area (Å²) in [6.45, 7) is 5.38.